The van der Waals surface area contributed by atoms with Crippen LogP contribution in [0.3, 0.4) is 0 Å². The molecule has 16 heavy (non-hydrogen) atoms. The molecule has 1 saturated heterocycles. The van der Waals surface area contributed by atoms with E-state index in [1.807, 2.05) is 6.92 Å². The van der Waals surface area contributed by atoms with Gasteiger partial charge in [-0.25, -0.2) is 0 Å². The molecule has 4 nitrogen and oxygen atoms in total. The van der Waals surface area contributed by atoms with Crippen molar-refractivity contribution in [2.75, 3.05) is 27.2 Å². The summed E-state index contributed by atoms with van der Waals surface area (Å²) in [5.74, 6) is 0.121. The molecule has 94 valence electrons. The first-order chi connectivity index (χ1) is 7.56. The first kappa shape index (κ1) is 13.5. The van der Waals surface area contributed by atoms with Gasteiger partial charge in [-0.1, -0.05) is 13.3 Å². The van der Waals surface area contributed by atoms with Crippen molar-refractivity contribution in [3.05, 3.63) is 0 Å². The molecule has 1 fully saturated rings. The van der Waals surface area contributed by atoms with E-state index < -0.39 is 0 Å². The second kappa shape index (κ2) is 6.21. The van der Waals surface area contributed by atoms with Gasteiger partial charge in [-0.15, -0.1) is 0 Å². The van der Waals surface area contributed by atoms with E-state index in [0.717, 1.165) is 32.2 Å². The molecule has 0 bridgehead atoms. The molecule has 0 aromatic heterocycles. The van der Waals surface area contributed by atoms with Crippen molar-refractivity contribution in [3.8, 4) is 0 Å². The lowest BCUT2D eigenvalue weighted by Gasteiger charge is -2.38. The molecule has 0 radical (unpaired) electrons. The monoisotopic (exact) mass is 228 g/mol. The van der Waals surface area contributed by atoms with E-state index in [0.29, 0.717) is 6.54 Å². The molecule has 0 spiro atoms. The van der Waals surface area contributed by atoms with E-state index in [2.05, 4.69) is 4.90 Å². The molecular formula is C12H24N2O2. The zero-order valence-electron chi connectivity index (χ0n) is 10.6. The van der Waals surface area contributed by atoms with Crippen LogP contribution in [0.1, 0.15) is 32.6 Å². The molecule has 0 aromatic carbocycles. The fourth-order valence-corrected chi connectivity index (χ4v) is 2.24. The summed E-state index contributed by atoms with van der Waals surface area (Å²) in [6.07, 6.45) is 3.77. The van der Waals surface area contributed by atoms with Crippen molar-refractivity contribution >= 4 is 5.91 Å². The molecule has 2 atom stereocenters. The summed E-state index contributed by atoms with van der Waals surface area (Å²) >= 11 is 0. The molecule has 1 amide bonds. The summed E-state index contributed by atoms with van der Waals surface area (Å²) < 4.78 is 0. The van der Waals surface area contributed by atoms with Crippen LogP contribution in [0.5, 0.6) is 0 Å². The van der Waals surface area contributed by atoms with Crippen molar-refractivity contribution in [1.29, 1.82) is 0 Å². The highest BCUT2D eigenvalue weighted by Gasteiger charge is 2.29. The maximum Gasteiger partial charge on any atom is 0.236 e. The normalized spacial score (nSPS) is 24.1. The number of nitrogens with zero attached hydrogens (tertiary/aromatic N) is 2. The largest absolute Gasteiger partial charge is 0.392 e. The first-order valence-electron chi connectivity index (χ1n) is 6.18. The third-order valence-electron chi connectivity index (χ3n) is 3.36. The smallest absolute Gasteiger partial charge is 0.236 e. The topological polar surface area (TPSA) is 43.8 Å². The van der Waals surface area contributed by atoms with Crippen LogP contribution < -0.4 is 0 Å². The Balaban J connectivity index is 2.56. The van der Waals surface area contributed by atoms with Gasteiger partial charge in [0.2, 0.25) is 5.91 Å². The summed E-state index contributed by atoms with van der Waals surface area (Å²) in [7, 11) is 3.55. The Morgan fingerprint density at radius 2 is 2.19 bits per heavy atom. The molecule has 1 rings (SSSR count). The fourth-order valence-electron chi connectivity index (χ4n) is 2.24. The van der Waals surface area contributed by atoms with Gasteiger partial charge in [0.25, 0.3) is 0 Å². The van der Waals surface area contributed by atoms with E-state index in [1.54, 1.807) is 19.0 Å². The molecule has 1 aliphatic rings. The van der Waals surface area contributed by atoms with Gasteiger partial charge < -0.3 is 10.0 Å². The lowest BCUT2D eigenvalue weighted by atomic mass is 9.96. The quantitative estimate of drug-likeness (QED) is 0.770. The summed E-state index contributed by atoms with van der Waals surface area (Å²) in [6, 6.07) is 0.169. The van der Waals surface area contributed by atoms with E-state index >= 15 is 0 Å². The van der Waals surface area contributed by atoms with Gasteiger partial charge >= 0.3 is 0 Å². The molecule has 1 N–H and O–H groups in total. The number of carbonyl (C=O) groups excluding carboxylic acids is 1. The Kier molecular flexibility index (Phi) is 5.22. The maximum absolute atomic E-state index is 11.7. The number of aliphatic hydroxyl groups is 1. The third kappa shape index (κ3) is 3.46. The summed E-state index contributed by atoms with van der Waals surface area (Å²) in [5, 5.41) is 9.94. The molecule has 1 heterocycles. The average molecular weight is 228 g/mol. The van der Waals surface area contributed by atoms with Crippen LogP contribution in [-0.2, 0) is 4.79 Å². The Morgan fingerprint density at radius 3 is 2.75 bits per heavy atom. The van der Waals surface area contributed by atoms with Crippen LogP contribution >= 0.6 is 0 Å². The Hall–Kier alpha value is -0.610. The van der Waals surface area contributed by atoms with Crippen molar-refractivity contribution in [1.82, 2.24) is 9.80 Å². The van der Waals surface area contributed by atoms with Gasteiger partial charge in [-0.2, -0.15) is 0 Å². The average Bonchev–Trinajstić information content (AvgIpc) is 2.28. The van der Waals surface area contributed by atoms with Crippen molar-refractivity contribution in [2.24, 2.45) is 0 Å². The number of hydrogen-bond donors (Lipinski definition) is 1. The second-order valence-electron chi connectivity index (χ2n) is 4.80. The van der Waals surface area contributed by atoms with Gasteiger partial charge in [-0.3, -0.25) is 9.69 Å². The van der Waals surface area contributed by atoms with Crippen LogP contribution in [0.25, 0.3) is 0 Å². The predicted octanol–water partition coefficient (Wildman–Crippen LogP) is 0.700. The van der Waals surface area contributed by atoms with E-state index in [9.17, 15) is 9.90 Å². The van der Waals surface area contributed by atoms with Gasteiger partial charge in [0.15, 0.2) is 0 Å². The van der Waals surface area contributed by atoms with Crippen LogP contribution in [0, 0.1) is 0 Å². The molecule has 1 aliphatic heterocycles. The number of carbonyl (C=O) groups is 1. The number of rotatable bonds is 4. The Morgan fingerprint density at radius 1 is 1.50 bits per heavy atom. The highest BCUT2D eigenvalue weighted by atomic mass is 16.3. The van der Waals surface area contributed by atoms with Crippen LogP contribution in [-0.4, -0.2) is 60.1 Å². The zero-order chi connectivity index (χ0) is 12.1. The minimum Gasteiger partial charge on any atom is -0.392 e. The van der Waals surface area contributed by atoms with E-state index in [4.69, 9.17) is 0 Å². The minimum atomic E-state index is -0.296. The summed E-state index contributed by atoms with van der Waals surface area (Å²) in [4.78, 5) is 15.4. The van der Waals surface area contributed by atoms with Crippen molar-refractivity contribution in [3.63, 3.8) is 0 Å². The number of likely N-dealkylation sites (N-methyl/N-ethyl adjacent to an activating group) is 1. The molecular weight excluding hydrogens is 204 g/mol. The summed E-state index contributed by atoms with van der Waals surface area (Å²) in [5.41, 5.74) is 0. The SMILES string of the molecule is CC[C@H](O)[C@H]1CCCCN1CC(=O)N(C)C. The Labute approximate surface area is 98.2 Å². The number of hydrogen-bond acceptors (Lipinski definition) is 3. The highest BCUT2D eigenvalue weighted by molar-refractivity contribution is 5.77. The zero-order valence-corrected chi connectivity index (χ0v) is 10.6. The lowest BCUT2D eigenvalue weighted by molar-refractivity contribution is -0.131. The van der Waals surface area contributed by atoms with Crippen LogP contribution in [0.15, 0.2) is 0 Å². The first-order valence-corrected chi connectivity index (χ1v) is 6.18. The minimum absolute atomic E-state index is 0.121. The number of amides is 1. The number of piperidine rings is 1. The van der Waals surface area contributed by atoms with Crippen LogP contribution in [0.4, 0.5) is 0 Å². The maximum atomic E-state index is 11.7. The van der Waals surface area contributed by atoms with Gasteiger partial charge in [-0.05, 0) is 25.8 Å². The van der Waals surface area contributed by atoms with Crippen molar-refractivity contribution < 1.29 is 9.90 Å². The van der Waals surface area contributed by atoms with E-state index in [-0.39, 0.29) is 18.1 Å². The van der Waals surface area contributed by atoms with E-state index in [1.165, 1.54) is 0 Å². The lowest BCUT2D eigenvalue weighted by Crippen LogP contribution is -2.50. The van der Waals surface area contributed by atoms with Gasteiger partial charge in [0.1, 0.15) is 0 Å². The Bertz CT molecular complexity index is 231. The molecule has 4 heteroatoms. The molecule has 0 saturated carbocycles. The molecule has 0 aliphatic carbocycles. The number of aliphatic hydroxyl groups excluding tert-OH is 1. The molecule has 0 aromatic rings. The standard InChI is InChI=1S/C12H24N2O2/c1-4-11(15)10-7-5-6-8-14(10)9-12(16)13(2)3/h10-11,15H,4-9H2,1-3H3/t10-,11+/m1/s1. The highest BCUT2D eigenvalue weighted by Crippen LogP contribution is 2.21. The van der Waals surface area contributed by atoms with Gasteiger partial charge in [0.05, 0.1) is 12.6 Å². The second-order valence-corrected chi connectivity index (χ2v) is 4.80. The summed E-state index contributed by atoms with van der Waals surface area (Å²) in [6.45, 7) is 3.36. The fraction of sp³-hybridized carbons (Fsp3) is 0.917. The van der Waals surface area contributed by atoms with Gasteiger partial charge in [0, 0.05) is 20.1 Å². The third-order valence-corrected chi connectivity index (χ3v) is 3.36. The van der Waals surface area contributed by atoms with Crippen molar-refractivity contribution in [2.45, 2.75) is 44.8 Å². The number of likely N-dealkylation sites (tertiary alicyclic amines) is 1. The predicted molar refractivity (Wildman–Crippen MR) is 64.2 cm³/mol. The van der Waals surface area contributed by atoms with Crippen LogP contribution in [0.2, 0.25) is 0 Å². The molecule has 0 unspecified atom stereocenters.